The van der Waals surface area contributed by atoms with Gasteiger partial charge in [0, 0.05) is 24.9 Å². The number of hydrogen-bond acceptors (Lipinski definition) is 2. The molecule has 0 unspecified atom stereocenters. The first-order valence-corrected chi connectivity index (χ1v) is 7.25. The van der Waals surface area contributed by atoms with Crippen molar-refractivity contribution in [3.63, 3.8) is 0 Å². The van der Waals surface area contributed by atoms with Gasteiger partial charge in [-0.1, -0.05) is 39.2 Å². The van der Waals surface area contributed by atoms with Crippen LogP contribution in [-0.2, 0) is 5.41 Å². The van der Waals surface area contributed by atoms with Gasteiger partial charge in [0.05, 0.1) is 0 Å². The molecule has 1 aliphatic carbocycles. The van der Waals surface area contributed by atoms with Crippen molar-refractivity contribution in [3.8, 4) is 9.75 Å². The Labute approximate surface area is 110 Å². The number of hydrogen-bond donors (Lipinski definition) is 0. The largest absolute Gasteiger partial charge is 0.135 e. The van der Waals surface area contributed by atoms with Crippen LogP contribution in [0.25, 0.3) is 21.9 Å². The number of rotatable bonds is 2. The van der Waals surface area contributed by atoms with E-state index in [1.165, 1.54) is 30.6 Å². The van der Waals surface area contributed by atoms with E-state index < -0.39 is 0 Å². The van der Waals surface area contributed by atoms with E-state index in [2.05, 4.69) is 39.1 Å². The van der Waals surface area contributed by atoms with Gasteiger partial charge in [0.2, 0.25) is 0 Å². The van der Waals surface area contributed by atoms with Crippen LogP contribution >= 0.6 is 22.7 Å². The molecular formula is C15H14S2. The second-order valence-corrected chi connectivity index (χ2v) is 6.98. The maximum absolute atomic E-state index is 3.87. The predicted octanol–water partition coefficient (Wildman–Crippen LogP) is 5.40. The maximum atomic E-state index is 3.87. The molecule has 0 aromatic carbocycles. The van der Waals surface area contributed by atoms with Gasteiger partial charge in [-0.05, 0) is 23.3 Å². The van der Waals surface area contributed by atoms with Crippen LogP contribution in [-0.4, -0.2) is 0 Å². The molecule has 0 nitrogen and oxygen atoms in total. The lowest BCUT2D eigenvalue weighted by atomic mass is 9.84. The first kappa shape index (κ1) is 11.0. The van der Waals surface area contributed by atoms with Crippen LogP contribution in [0.1, 0.15) is 34.7 Å². The SMILES string of the molecule is C=Cc1cc2c(s1)-c1sc(C=C)cc1C2(C)C. The van der Waals surface area contributed by atoms with Crippen molar-refractivity contribution in [1.82, 2.24) is 0 Å². The minimum atomic E-state index is 0.125. The summed E-state index contributed by atoms with van der Waals surface area (Å²) >= 11 is 3.70. The Morgan fingerprint density at radius 3 is 1.71 bits per heavy atom. The van der Waals surface area contributed by atoms with Crippen molar-refractivity contribution >= 4 is 34.8 Å². The molecule has 0 N–H and O–H groups in total. The Balaban J connectivity index is 2.31. The van der Waals surface area contributed by atoms with E-state index >= 15 is 0 Å². The molecule has 0 atom stereocenters. The molecule has 0 radical (unpaired) electrons. The highest BCUT2D eigenvalue weighted by Gasteiger charge is 2.38. The monoisotopic (exact) mass is 258 g/mol. The average Bonchev–Trinajstić information content (AvgIpc) is 2.95. The molecule has 1 aliphatic rings. The molecule has 0 bridgehead atoms. The van der Waals surface area contributed by atoms with Gasteiger partial charge >= 0.3 is 0 Å². The van der Waals surface area contributed by atoms with Crippen LogP contribution in [0, 0.1) is 0 Å². The normalized spacial score (nSPS) is 15.4. The first-order chi connectivity index (χ1) is 8.07. The summed E-state index contributed by atoms with van der Waals surface area (Å²) in [6.45, 7) is 12.3. The zero-order chi connectivity index (χ0) is 12.2. The van der Waals surface area contributed by atoms with Crippen molar-refractivity contribution in [2.24, 2.45) is 0 Å². The Morgan fingerprint density at radius 1 is 0.941 bits per heavy atom. The summed E-state index contributed by atoms with van der Waals surface area (Å²) in [6, 6.07) is 4.57. The molecule has 0 saturated heterocycles. The summed E-state index contributed by atoms with van der Waals surface area (Å²) in [7, 11) is 0. The molecule has 2 heterocycles. The first-order valence-electron chi connectivity index (χ1n) is 5.62. The van der Waals surface area contributed by atoms with Gasteiger partial charge in [-0.3, -0.25) is 0 Å². The van der Waals surface area contributed by atoms with E-state index in [4.69, 9.17) is 0 Å². The Morgan fingerprint density at radius 2 is 1.35 bits per heavy atom. The van der Waals surface area contributed by atoms with E-state index in [1.54, 1.807) is 0 Å². The lowest BCUT2D eigenvalue weighted by Gasteiger charge is -2.18. The van der Waals surface area contributed by atoms with Gasteiger partial charge in [-0.25, -0.2) is 0 Å². The molecule has 2 aromatic rings. The van der Waals surface area contributed by atoms with E-state index in [0.717, 1.165) is 0 Å². The summed E-state index contributed by atoms with van der Waals surface area (Å²) in [6.07, 6.45) is 3.89. The maximum Gasteiger partial charge on any atom is 0.0493 e. The highest BCUT2D eigenvalue weighted by Crippen LogP contribution is 2.55. The molecular weight excluding hydrogens is 244 g/mol. The third kappa shape index (κ3) is 1.34. The fourth-order valence-electron chi connectivity index (χ4n) is 2.43. The second-order valence-electron chi connectivity index (χ2n) is 4.82. The van der Waals surface area contributed by atoms with Crippen LogP contribution in [0.4, 0.5) is 0 Å². The molecule has 0 amide bonds. The summed E-state index contributed by atoms with van der Waals surface area (Å²) in [5, 5.41) is 0. The fraction of sp³-hybridized carbons (Fsp3) is 0.200. The molecule has 2 aromatic heterocycles. The molecule has 0 spiro atoms. The van der Waals surface area contributed by atoms with Crippen molar-refractivity contribution in [1.29, 1.82) is 0 Å². The standard InChI is InChI=1S/C15H14S2/c1-5-9-7-11-13(16-9)14-12(15(11,3)4)8-10(6-2)17-14/h5-8H,1-2H2,3-4H3. The molecule has 3 rings (SSSR count). The van der Waals surface area contributed by atoms with Gasteiger partial charge in [0.15, 0.2) is 0 Å². The summed E-state index contributed by atoms with van der Waals surface area (Å²) in [5.41, 5.74) is 3.03. The number of thiophene rings is 2. The van der Waals surface area contributed by atoms with Crippen molar-refractivity contribution in [3.05, 3.63) is 46.2 Å². The zero-order valence-corrected chi connectivity index (χ0v) is 11.7. The summed E-state index contributed by atoms with van der Waals surface area (Å²) in [5.74, 6) is 0. The van der Waals surface area contributed by atoms with Crippen LogP contribution < -0.4 is 0 Å². The van der Waals surface area contributed by atoms with E-state index in [-0.39, 0.29) is 5.41 Å². The second kappa shape index (κ2) is 3.44. The van der Waals surface area contributed by atoms with E-state index in [9.17, 15) is 0 Å². The molecule has 0 fully saturated rings. The van der Waals surface area contributed by atoms with Gasteiger partial charge in [0.1, 0.15) is 0 Å². The van der Waals surface area contributed by atoms with Crippen LogP contribution in [0.5, 0.6) is 0 Å². The topological polar surface area (TPSA) is 0 Å². The van der Waals surface area contributed by atoms with Gasteiger partial charge in [-0.15, -0.1) is 22.7 Å². The third-order valence-corrected chi connectivity index (χ3v) is 5.88. The molecule has 86 valence electrons. The lowest BCUT2D eigenvalue weighted by Crippen LogP contribution is -2.13. The van der Waals surface area contributed by atoms with Crippen LogP contribution in [0.2, 0.25) is 0 Å². The highest BCUT2D eigenvalue weighted by atomic mass is 32.1. The van der Waals surface area contributed by atoms with Crippen molar-refractivity contribution in [2.75, 3.05) is 0 Å². The molecule has 0 aliphatic heterocycles. The van der Waals surface area contributed by atoms with Gasteiger partial charge < -0.3 is 0 Å². The van der Waals surface area contributed by atoms with Crippen LogP contribution in [0.3, 0.4) is 0 Å². The highest BCUT2D eigenvalue weighted by molar-refractivity contribution is 7.23. The predicted molar refractivity (Wildman–Crippen MR) is 79.9 cm³/mol. The van der Waals surface area contributed by atoms with Crippen molar-refractivity contribution < 1.29 is 0 Å². The summed E-state index contributed by atoms with van der Waals surface area (Å²) in [4.78, 5) is 5.39. The van der Waals surface area contributed by atoms with Crippen molar-refractivity contribution in [2.45, 2.75) is 19.3 Å². The van der Waals surface area contributed by atoms with Gasteiger partial charge in [0.25, 0.3) is 0 Å². The molecule has 0 saturated carbocycles. The Hall–Kier alpha value is -1.12. The smallest absolute Gasteiger partial charge is 0.0493 e. The lowest BCUT2D eigenvalue weighted by molar-refractivity contribution is 0.663. The number of fused-ring (bicyclic) bond motifs is 3. The zero-order valence-electron chi connectivity index (χ0n) is 10.0. The Kier molecular flexibility index (Phi) is 2.22. The average molecular weight is 258 g/mol. The third-order valence-electron chi connectivity index (χ3n) is 3.46. The quantitative estimate of drug-likeness (QED) is 0.676. The fourth-order valence-corrected chi connectivity index (χ4v) is 4.93. The van der Waals surface area contributed by atoms with E-state index in [0.29, 0.717) is 0 Å². The minimum absolute atomic E-state index is 0.125. The molecule has 2 heteroatoms. The van der Waals surface area contributed by atoms with Gasteiger partial charge in [-0.2, -0.15) is 0 Å². The van der Waals surface area contributed by atoms with E-state index in [1.807, 2.05) is 34.8 Å². The minimum Gasteiger partial charge on any atom is -0.135 e. The van der Waals surface area contributed by atoms with Crippen LogP contribution in [0.15, 0.2) is 25.3 Å². The Bertz CT molecular complexity index is 569. The summed E-state index contributed by atoms with van der Waals surface area (Å²) < 4.78 is 0. The molecule has 17 heavy (non-hydrogen) atoms.